The van der Waals surface area contributed by atoms with Crippen LogP contribution in [-0.4, -0.2) is 23.0 Å². The number of amides is 1. The van der Waals surface area contributed by atoms with Gasteiger partial charge < -0.3 is 15.7 Å². The molecule has 1 heterocycles. The lowest BCUT2D eigenvalue weighted by atomic mass is 10.2. The van der Waals surface area contributed by atoms with E-state index >= 15 is 0 Å². The molecule has 0 fully saturated rings. The minimum atomic E-state index is -0.385. The number of aromatic nitrogens is 1. The van der Waals surface area contributed by atoms with Gasteiger partial charge in [0.05, 0.1) is 11.6 Å². The molecular weight excluding hydrogens is 278 g/mol. The molecule has 0 aliphatic carbocycles. The van der Waals surface area contributed by atoms with Gasteiger partial charge in [-0.1, -0.05) is 23.7 Å². The maximum Gasteiger partial charge on any atom is 0.275 e. The third-order valence-electron chi connectivity index (χ3n) is 2.71. The van der Waals surface area contributed by atoms with E-state index in [0.717, 1.165) is 5.56 Å². The average Bonchev–Trinajstić information content (AvgIpc) is 2.48. The molecule has 1 aromatic heterocycles. The third kappa shape index (κ3) is 3.26. The van der Waals surface area contributed by atoms with E-state index in [-0.39, 0.29) is 23.2 Å². The molecule has 0 saturated carbocycles. The Labute approximate surface area is 121 Å². The van der Waals surface area contributed by atoms with Crippen molar-refractivity contribution in [3.8, 4) is 0 Å². The minimum absolute atomic E-state index is 0.0359. The monoisotopic (exact) mass is 291 g/mol. The predicted octanol–water partition coefficient (Wildman–Crippen LogP) is 2.52. The summed E-state index contributed by atoms with van der Waals surface area (Å²) >= 11 is 5.98. The summed E-state index contributed by atoms with van der Waals surface area (Å²) in [4.78, 5) is 16.2. The first-order valence-electron chi connectivity index (χ1n) is 5.99. The zero-order valence-corrected chi connectivity index (χ0v) is 11.6. The van der Waals surface area contributed by atoms with E-state index in [1.165, 1.54) is 0 Å². The molecule has 1 aromatic carbocycles. The van der Waals surface area contributed by atoms with Crippen LogP contribution in [0.4, 0.5) is 11.5 Å². The first-order valence-corrected chi connectivity index (χ1v) is 6.37. The van der Waals surface area contributed by atoms with Gasteiger partial charge in [-0.25, -0.2) is 4.98 Å². The Morgan fingerprint density at radius 2 is 1.95 bits per heavy atom. The Morgan fingerprint density at radius 1 is 1.25 bits per heavy atom. The molecule has 0 aliphatic heterocycles. The van der Waals surface area contributed by atoms with E-state index in [9.17, 15) is 4.79 Å². The van der Waals surface area contributed by atoms with Crippen molar-refractivity contribution in [2.75, 3.05) is 17.7 Å². The average molecular weight is 292 g/mol. The highest BCUT2D eigenvalue weighted by atomic mass is 35.5. The Balaban J connectivity index is 2.18. The number of aliphatic hydroxyl groups is 1. The summed E-state index contributed by atoms with van der Waals surface area (Å²) < 4.78 is 0. The van der Waals surface area contributed by atoms with Crippen LogP contribution in [0.3, 0.4) is 0 Å². The van der Waals surface area contributed by atoms with Crippen LogP contribution in [0.2, 0.25) is 5.02 Å². The lowest BCUT2D eigenvalue weighted by Crippen LogP contribution is -2.15. The fourth-order valence-electron chi connectivity index (χ4n) is 1.62. The molecule has 0 bridgehead atoms. The van der Waals surface area contributed by atoms with Gasteiger partial charge in [0.1, 0.15) is 11.5 Å². The van der Waals surface area contributed by atoms with Gasteiger partial charge in [-0.15, -0.1) is 0 Å². The number of benzene rings is 1. The van der Waals surface area contributed by atoms with Crippen molar-refractivity contribution in [1.82, 2.24) is 4.98 Å². The van der Waals surface area contributed by atoms with Crippen LogP contribution >= 0.6 is 11.6 Å². The number of nitrogens with one attached hydrogen (secondary N) is 2. The summed E-state index contributed by atoms with van der Waals surface area (Å²) in [5.41, 5.74) is 1.54. The number of carbonyl (C=O) groups excluding carboxylic acids is 1. The molecule has 6 heteroatoms. The van der Waals surface area contributed by atoms with Crippen molar-refractivity contribution in [3.63, 3.8) is 0 Å². The summed E-state index contributed by atoms with van der Waals surface area (Å²) in [6, 6.07) is 10.2. The van der Waals surface area contributed by atoms with Crippen LogP contribution in [0.15, 0.2) is 36.4 Å². The number of aliphatic hydroxyl groups excluding tert-OH is 1. The Kier molecular flexibility index (Phi) is 4.55. The van der Waals surface area contributed by atoms with Crippen LogP contribution in [-0.2, 0) is 6.61 Å². The van der Waals surface area contributed by atoms with E-state index in [4.69, 9.17) is 16.7 Å². The summed E-state index contributed by atoms with van der Waals surface area (Å²) in [6.07, 6.45) is 0. The topological polar surface area (TPSA) is 74.2 Å². The maximum absolute atomic E-state index is 12.1. The number of anilines is 2. The number of nitrogens with zero attached hydrogens (tertiary/aromatic N) is 1. The van der Waals surface area contributed by atoms with Crippen molar-refractivity contribution >= 4 is 29.0 Å². The molecule has 0 spiro atoms. The third-order valence-corrected chi connectivity index (χ3v) is 3.02. The SMILES string of the molecule is CNc1ccc(Cl)c(C(=O)Nc2ccc(CO)cc2)n1. The summed E-state index contributed by atoms with van der Waals surface area (Å²) in [7, 11) is 1.71. The summed E-state index contributed by atoms with van der Waals surface area (Å²) in [5.74, 6) is 0.180. The lowest BCUT2D eigenvalue weighted by molar-refractivity contribution is 0.102. The second kappa shape index (κ2) is 6.36. The van der Waals surface area contributed by atoms with Crippen LogP contribution in [0.25, 0.3) is 0 Å². The molecule has 0 radical (unpaired) electrons. The van der Waals surface area contributed by atoms with Crippen LogP contribution in [0.1, 0.15) is 16.1 Å². The van der Waals surface area contributed by atoms with Gasteiger partial charge in [-0.05, 0) is 29.8 Å². The van der Waals surface area contributed by atoms with E-state index < -0.39 is 0 Å². The van der Waals surface area contributed by atoms with Crippen LogP contribution < -0.4 is 10.6 Å². The first kappa shape index (κ1) is 14.3. The predicted molar refractivity (Wildman–Crippen MR) is 79.1 cm³/mol. The molecule has 2 aromatic rings. The number of pyridine rings is 1. The number of rotatable bonds is 4. The van der Waals surface area contributed by atoms with Crippen molar-refractivity contribution in [1.29, 1.82) is 0 Å². The smallest absolute Gasteiger partial charge is 0.275 e. The fraction of sp³-hybridized carbons (Fsp3) is 0.143. The molecule has 5 nitrogen and oxygen atoms in total. The Bertz CT molecular complexity index is 614. The van der Waals surface area contributed by atoms with E-state index in [1.54, 1.807) is 43.4 Å². The highest BCUT2D eigenvalue weighted by Gasteiger charge is 2.13. The number of carbonyl (C=O) groups is 1. The zero-order valence-electron chi connectivity index (χ0n) is 10.9. The van der Waals surface area contributed by atoms with Gasteiger partial charge in [0.25, 0.3) is 5.91 Å². The minimum Gasteiger partial charge on any atom is -0.392 e. The Hall–Kier alpha value is -2.11. The van der Waals surface area contributed by atoms with Crippen molar-refractivity contribution < 1.29 is 9.90 Å². The van der Waals surface area contributed by atoms with Gasteiger partial charge >= 0.3 is 0 Å². The van der Waals surface area contributed by atoms with Gasteiger partial charge in [0.15, 0.2) is 0 Å². The molecule has 0 unspecified atom stereocenters. The van der Waals surface area contributed by atoms with Gasteiger partial charge in [0.2, 0.25) is 0 Å². The molecule has 1 amide bonds. The second-order valence-corrected chi connectivity index (χ2v) is 4.49. The van der Waals surface area contributed by atoms with Gasteiger partial charge in [0, 0.05) is 12.7 Å². The van der Waals surface area contributed by atoms with E-state index in [1.807, 2.05) is 0 Å². The molecule has 2 rings (SSSR count). The van der Waals surface area contributed by atoms with Crippen molar-refractivity contribution in [2.24, 2.45) is 0 Å². The molecule has 0 aliphatic rings. The standard InChI is InChI=1S/C14H14ClN3O2/c1-16-12-7-6-11(15)13(18-12)14(20)17-10-4-2-9(8-19)3-5-10/h2-7,19H,8H2,1H3,(H,16,18)(H,17,20). The lowest BCUT2D eigenvalue weighted by Gasteiger charge is -2.08. The molecule has 0 atom stereocenters. The van der Waals surface area contributed by atoms with Crippen LogP contribution in [0.5, 0.6) is 0 Å². The molecule has 20 heavy (non-hydrogen) atoms. The van der Waals surface area contributed by atoms with Crippen LogP contribution in [0, 0.1) is 0 Å². The zero-order chi connectivity index (χ0) is 14.5. The largest absolute Gasteiger partial charge is 0.392 e. The van der Waals surface area contributed by atoms with E-state index in [2.05, 4.69) is 15.6 Å². The van der Waals surface area contributed by atoms with Crippen molar-refractivity contribution in [2.45, 2.75) is 6.61 Å². The number of halogens is 1. The molecular formula is C14H14ClN3O2. The molecule has 3 N–H and O–H groups in total. The molecule has 0 saturated heterocycles. The quantitative estimate of drug-likeness (QED) is 0.809. The number of hydrogen-bond donors (Lipinski definition) is 3. The maximum atomic E-state index is 12.1. The normalized spacial score (nSPS) is 10.2. The van der Waals surface area contributed by atoms with E-state index in [0.29, 0.717) is 11.5 Å². The number of hydrogen-bond acceptors (Lipinski definition) is 4. The Morgan fingerprint density at radius 3 is 2.55 bits per heavy atom. The highest BCUT2D eigenvalue weighted by molar-refractivity contribution is 6.34. The molecule has 104 valence electrons. The van der Waals surface area contributed by atoms with Gasteiger partial charge in [-0.3, -0.25) is 4.79 Å². The second-order valence-electron chi connectivity index (χ2n) is 4.09. The fourth-order valence-corrected chi connectivity index (χ4v) is 1.82. The first-order chi connectivity index (χ1) is 9.63. The van der Waals surface area contributed by atoms with Gasteiger partial charge in [-0.2, -0.15) is 0 Å². The van der Waals surface area contributed by atoms with Crippen molar-refractivity contribution in [3.05, 3.63) is 52.7 Å². The summed E-state index contributed by atoms with van der Waals surface area (Å²) in [6.45, 7) is -0.0359. The summed E-state index contributed by atoms with van der Waals surface area (Å²) in [5, 5.41) is 14.8. The highest BCUT2D eigenvalue weighted by Crippen LogP contribution is 2.18.